The number of hydrogen-bond donors (Lipinski definition) is 1. The van der Waals surface area contributed by atoms with E-state index in [-0.39, 0.29) is 44.5 Å². The Kier molecular flexibility index (Phi) is 23.5. The summed E-state index contributed by atoms with van der Waals surface area (Å²) in [7, 11) is -20.2. The van der Waals surface area contributed by atoms with Gasteiger partial charge in [-0.3, -0.25) is 4.55 Å². The van der Waals surface area contributed by atoms with Gasteiger partial charge in [0.15, 0.2) is 0 Å². The summed E-state index contributed by atoms with van der Waals surface area (Å²) in [4.78, 5) is 76.8. The molecule has 21 heteroatoms. The van der Waals surface area contributed by atoms with Crippen molar-refractivity contribution in [1.29, 1.82) is 0 Å². The average molecular weight is 616 g/mol. The van der Waals surface area contributed by atoms with Gasteiger partial charge >= 0.3 is 21.1 Å². The van der Waals surface area contributed by atoms with Crippen LogP contribution in [0.3, 0.4) is 0 Å². The number of benzene rings is 1. The first-order valence-corrected chi connectivity index (χ1v) is 11.3. The first-order chi connectivity index (χ1) is 11.5. The van der Waals surface area contributed by atoms with Gasteiger partial charge in [-0.2, -0.15) is 31.9 Å². The Labute approximate surface area is 190 Å². The van der Waals surface area contributed by atoms with Crippen molar-refractivity contribution in [2.24, 2.45) is 0 Å². The van der Waals surface area contributed by atoms with E-state index in [1.54, 1.807) is 18.2 Å². The quantitative estimate of drug-likeness (QED) is 0.183. The van der Waals surface area contributed by atoms with E-state index in [1.165, 1.54) is 12.1 Å². The molecule has 0 aliphatic heterocycles. The van der Waals surface area contributed by atoms with Crippen LogP contribution in [0.15, 0.2) is 35.7 Å². The Hall–Kier alpha value is 0.473. The molecule has 1 aromatic carbocycles. The molecule has 167 valence electrons. The van der Waals surface area contributed by atoms with Crippen molar-refractivity contribution in [2.45, 2.75) is 4.90 Å². The predicted octanol–water partition coefficient (Wildman–Crippen LogP) is -6.90. The molecule has 0 heterocycles. The largest absolute Gasteiger partial charge is 4.00 e. The SMILES string of the molecule is C=Cc1ccc(S(=O)(=O)O)cc1.O=P([O-])([O-])[O-].O=P([O-])([O-])[O-].O=P([O-])([O-])[O-].[Mo+4].[V]. The smallest absolute Gasteiger partial charge is 0.822 e. The van der Waals surface area contributed by atoms with E-state index in [0.29, 0.717) is 0 Å². The minimum atomic E-state index is -5.39. The van der Waals surface area contributed by atoms with Crippen molar-refractivity contribution in [3.8, 4) is 0 Å². The van der Waals surface area contributed by atoms with Crippen molar-refractivity contribution in [2.75, 3.05) is 0 Å². The fourth-order valence-electron chi connectivity index (χ4n) is 0.776. The summed E-state index contributed by atoms with van der Waals surface area (Å²) >= 11 is 0. The second-order valence-electron chi connectivity index (χ2n) is 3.59. The zero-order valence-electron chi connectivity index (χ0n) is 13.4. The molecule has 0 atom stereocenters. The maximum Gasteiger partial charge on any atom is 4.00 e. The van der Waals surface area contributed by atoms with E-state index in [1.807, 2.05) is 0 Å². The topological polar surface area (TPSA) is 313 Å². The maximum absolute atomic E-state index is 10.6. The van der Waals surface area contributed by atoms with Gasteiger partial charge in [0.1, 0.15) is 0 Å². The molecule has 0 aliphatic rings. The summed E-state index contributed by atoms with van der Waals surface area (Å²) in [5.41, 5.74) is 0.808. The Morgan fingerprint density at radius 2 is 0.966 bits per heavy atom. The third-order valence-corrected chi connectivity index (χ3v) is 2.28. The number of phosphoric acid groups is 3. The molecule has 0 amide bonds. The van der Waals surface area contributed by atoms with E-state index in [2.05, 4.69) is 6.58 Å². The van der Waals surface area contributed by atoms with Gasteiger partial charge in [-0.15, -0.1) is 0 Å². The molecule has 1 rings (SSSR count). The third kappa shape index (κ3) is 58.5. The Bertz CT molecular complexity index is 738. The van der Waals surface area contributed by atoms with Crippen molar-refractivity contribution < 1.29 is 110 Å². The van der Waals surface area contributed by atoms with Crippen LogP contribution in [0.4, 0.5) is 0 Å². The van der Waals surface area contributed by atoms with E-state index >= 15 is 0 Å². The van der Waals surface area contributed by atoms with E-state index < -0.39 is 33.6 Å². The second kappa shape index (κ2) is 17.1. The van der Waals surface area contributed by atoms with Crippen LogP contribution < -0.4 is 44.0 Å². The minimum absolute atomic E-state index is 0. The van der Waals surface area contributed by atoms with E-state index in [0.717, 1.165) is 5.56 Å². The van der Waals surface area contributed by atoms with Crippen molar-refractivity contribution in [1.82, 2.24) is 0 Å². The molecule has 0 saturated carbocycles. The summed E-state index contributed by atoms with van der Waals surface area (Å²) in [6.07, 6.45) is 1.59. The van der Waals surface area contributed by atoms with Gasteiger partial charge in [-0.05, 0) is 17.7 Å². The first-order valence-electron chi connectivity index (χ1n) is 5.43. The van der Waals surface area contributed by atoms with Crippen LogP contribution in [0.5, 0.6) is 0 Å². The molecule has 15 nitrogen and oxygen atoms in total. The molecule has 0 bridgehead atoms. The fraction of sp³-hybridized carbons (Fsp3) is 0. The molecule has 0 aromatic heterocycles. The third-order valence-electron chi connectivity index (χ3n) is 1.41. The molecule has 0 spiro atoms. The van der Waals surface area contributed by atoms with Crippen LogP contribution in [-0.2, 0) is 63.4 Å². The van der Waals surface area contributed by atoms with Gasteiger partial charge in [0.2, 0.25) is 0 Å². The first kappa shape index (κ1) is 39.9. The number of rotatable bonds is 2. The Morgan fingerprint density at radius 3 is 1.10 bits per heavy atom. The van der Waals surface area contributed by atoms with Gasteiger partial charge in [0.25, 0.3) is 10.1 Å². The monoisotopic (exact) mass is 618 g/mol. The van der Waals surface area contributed by atoms with Crippen molar-refractivity contribution in [3.05, 3.63) is 36.4 Å². The normalized spacial score (nSPS) is 10.7. The van der Waals surface area contributed by atoms with E-state index in [9.17, 15) is 8.42 Å². The van der Waals surface area contributed by atoms with Gasteiger partial charge in [-0.1, -0.05) is 24.8 Å². The maximum atomic E-state index is 10.6. The molecule has 1 aromatic rings. The second-order valence-corrected chi connectivity index (χ2v) is 7.69. The average Bonchev–Trinajstić information content (AvgIpc) is 2.31. The molecular weight excluding hydrogens is 608 g/mol. The summed E-state index contributed by atoms with van der Waals surface area (Å²) in [6, 6.07) is 5.78. The molecule has 1 N–H and O–H groups in total. The zero-order chi connectivity index (χ0) is 22.7. The fourth-order valence-corrected chi connectivity index (χ4v) is 1.26. The van der Waals surface area contributed by atoms with Crippen molar-refractivity contribution in [3.63, 3.8) is 0 Å². The molecule has 0 saturated heterocycles. The molecular formula is C8H8MoO15P3SV-5. The minimum Gasteiger partial charge on any atom is -0.822 e. The summed E-state index contributed by atoms with van der Waals surface area (Å²) in [6.45, 7) is 3.51. The molecule has 29 heavy (non-hydrogen) atoms. The summed E-state index contributed by atoms with van der Waals surface area (Å²) in [5.74, 6) is 0. The summed E-state index contributed by atoms with van der Waals surface area (Å²) < 4.78 is 55.4. The van der Waals surface area contributed by atoms with Crippen molar-refractivity contribution >= 4 is 39.7 Å². The Morgan fingerprint density at radius 1 is 0.759 bits per heavy atom. The predicted molar refractivity (Wildman–Crippen MR) is 69.2 cm³/mol. The van der Waals surface area contributed by atoms with Crippen LogP contribution in [0.2, 0.25) is 0 Å². The molecule has 0 aliphatic carbocycles. The Balaban J connectivity index is -0.0000000965. The van der Waals surface area contributed by atoms with Crippen LogP contribution in [0.1, 0.15) is 5.56 Å². The van der Waals surface area contributed by atoms with Gasteiger partial charge < -0.3 is 57.7 Å². The molecule has 0 unspecified atom stereocenters. The number of hydrogen-bond acceptors (Lipinski definition) is 14. The van der Waals surface area contributed by atoms with Gasteiger partial charge in [0, 0.05) is 18.6 Å². The van der Waals surface area contributed by atoms with Crippen LogP contribution in [0, 0.1) is 0 Å². The van der Waals surface area contributed by atoms with Crippen LogP contribution in [0.25, 0.3) is 6.08 Å². The van der Waals surface area contributed by atoms with Crippen LogP contribution >= 0.6 is 23.5 Å². The summed E-state index contributed by atoms with van der Waals surface area (Å²) in [5, 5.41) is 0. The molecule has 1 radical (unpaired) electrons. The van der Waals surface area contributed by atoms with E-state index in [4.69, 9.17) is 62.3 Å². The molecule has 0 fully saturated rings. The standard InChI is InChI=1S/C8H8O3S.Mo.3H3O4P.V/c1-2-7-3-5-8(6-4-7)12(9,10)11;;3*1-5(2,3)4;/h2-6H,1H2,(H,9,10,11);;3*(H3,1,2,3,4);/q;+4;;;;/p-9. The van der Waals surface area contributed by atoms with Crippen LogP contribution in [-0.4, -0.2) is 13.0 Å². The van der Waals surface area contributed by atoms with Gasteiger partial charge in [-0.25, -0.2) is 0 Å². The zero-order valence-corrected chi connectivity index (χ0v) is 20.3. The van der Waals surface area contributed by atoms with Gasteiger partial charge in [0.05, 0.1) is 4.90 Å².